The molecule has 0 amide bonds. The molecule has 0 bridgehead atoms. The molecule has 0 unspecified atom stereocenters. The van der Waals surface area contributed by atoms with Gasteiger partial charge >= 0.3 is 5.97 Å². The van der Waals surface area contributed by atoms with Gasteiger partial charge in [0.15, 0.2) is 0 Å². The zero-order chi connectivity index (χ0) is 27.6. The van der Waals surface area contributed by atoms with Crippen LogP contribution in [-0.4, -0.2) is 76.8 Å². The van der Waals surface area contributed by atoms with Crippen molar-refractivity contribution in [2.24, 2.45) is 0 Å². The van der Waals surface area contributed by atoms with Crippen LogP contribution in [0.5, 0.6) is 5.75 Å². The Bertz CT molecular complexity index is 1020. The van der Waals surface area contributed by atoms with Crippen molar-refractivity contribution in [1.29, 1.82) is 0 Å². The van der Waals surface area contributed by atoms with Gasteiger partial charge in [0.2, 0.25) is 0 Å². The Labute approximate surface area is 235 Å². The highest BCUT2D eigenvalue weighted by Gasteiger charge is 2.36. The van der Waals surface area contributed by atoms with Crippen molar-refractivity contribution in [2.45, 2.75) is 11.2 Å². The first-order chi connectivity index (χ1) is 19.2. The largest absolute Gasteiger partial charge is 0.497 e. The molecule has 3 aromatic rings. The molecule has 0 aliphatic carbocycles. The predicted molar refractivity (Wildman–Crippen MR) is 154 cm³/mol. The summed E-state index contributed by atoms with van der Waals surface area (Å²) in [4.78, 5) is 10.4. The first kappa shape index (κ1) is 30.7. The van der Waals surface area contributed by atoms with Crippen molar-refractivity contribution < 1.29 is 33.6 Å². The zero-order valence-electron chi connectivity index (χ0n) is 22.5. The lowest BCUT2D eigenvalue weighted by Crippen LogP contribution is -2.27. The Kier molecular flexibility index (Phi) is 13.9. The number of methoxy groups -OCH3 is 1. The second-order valence-electron chi connectivity index (χ2n) is 8.58. The third kappa shape index (κ3) is 9.98. The lowest BCUT2D eigenvalue weighted by molar-refractivity contribution is -0.138. The molecule has 8 heteroatoms. The highest BCUT2D eigenvalue weighted by Crippen LogP contribution is 2.48. The monoisotopic (exact) mass is 554 g/mol. The molecule has 210 valence electrons. The molecule has 3 aromatic carbocycles. The standard InChI is InChI=1S/C31H38O7S/c1-34-29-14-12-28(13-15-29)31(26-8-4-2-5-9-26,27-10-6-3-7-11-27)39-25-24-38-23-22-37-21-20-36-19-18-35-17-16-30(32)33/h2-15H,16-25H2,1H3,(H,32,33). The van der Waals surface area contributed by atoms with Gasteiger partial charge in [-0.05, 0) is 28.8 Å². The summed E-state index contributed by atoms with van der Waals surface area (Å²) in [5.41, 5.74) is 3.60. The fraction of sp³-hybridized carbons (Fsp3) is 0.387. The van der Waals surface area contributed by atoms with Crippen LogP contribution in [0.15, 0.2) is 84.9 Å². The maximum absolute atomic E-state index is 10.4. The maximum Gasteiger partial charge on any atom is 0.305 e. The molecule has 0 radical (unpaired) electrons. The van der Waals surface area contributed by atoms with E-state index in [4.69, 9.17) is 28.8 Å². The first-order valence-corrected chi connectivity index (χ1v) is 14.1. The minimum Gasteiger partial charge on any atom is -0.497 e. The van der Waals surface area contributed by atoms with Gasteiger partial charge in [-0.2, -0.15) is 0 Å². The fourth-order valence-corrected chi connectivity index (χ4v) is 5.51. The number of thioether (sulfide) groups is 1. The number of carboxylic acids is 1. The summed E-state index contributed by atoms with van der Waals surface area (Å²) in [5.74, 6) is 0.756. The molecule has 0 aromatic heterocycles. The molecular formula is C31H38O7S. The predicted octanol–water partition coefficient (Wildman–Crippen LogP) is 5.26. The van der Waals surface area contributed by atoms with Crippen LogP contribution < -0.4 is 4.74 Å². The Morgan fingerprint density at radius 1 is 0.641 bits per heavy atom. The first-order valence-electron chi connectivity index (χ1n) is 13.1. The van der Waals surface area contributed by atoms with Gasteiger partial charge in [0.05, 0.1) is 71.1 Å². The molecule has 0 saturated carbocycles. The Morgan fingerprint density at radius 2 is 1.08 bits per heavy atom. The van der Waals surface area contributed by atoms with Crippen LogP contribution in [0.3, 0.4) is 0 Å². The number of ether oxygens (including phenoxy) is 5. The fourth-order valence-electron chi connectivity index (χ4n) is 4.10. The van der Waals surface area contributed by atoms with Crippen LogP contribution in [0.1, 0.15) is 23.1 Å². The van der Waals surface area contributed by atoms with E-state index in [-0.39, 0.29) is 13.0 Å². The van der Waals surface area contributed by atoms with E-state index in [0.29, 0.717) is 46.2 Å². The zero-order valence-corrected chi connectivity index (χ0v) is 23.3. The van der Waals surface area contributed by atoms with Crippen molar-refractivity contribution in [3.63, 3.8) is 0 Å². The van der Waals surface area contributed by atoms with Crippen molar-refractivity contribution in [2.75, 3.05) is 65.7 Å². The molecule has 0 heterocycles. The van der Waals surface area contributed by atoms with Gasteiger partial charge in [0.1, 0.15) is 5.75 Å². The minimum atomic E-state index is -0.867. The Hall–Kier alpha value is -2.88. The van der Waals surface area contributed by atoms with Crippen molar-refractivity contribution in [3.05, 3.63) is 102 Å². The molecule has 1 N–H and O–H groups in total. The molecule has 0 aliphatic heterocycles. The summed E-state index contributed by atoms with van der Waals surface area (Å²) in [6, 6.07) is 29.5. The van der Waals surface area contributed by atoms with Gasteiger partial charge < -0.3 is 28.8 Å². The summed E-state index contributed by atoms with van der Waals surface area (Å²) in [7, 11) is 1.68. The minimum absolute atomic E-state index is 0.00257. The van der Waals surface area contributed by atoms with Crippen LogP contribution in [-0.2, 0) is 28.5 Å². The molecule has 7 nitrogen and oxygen atoms in total. The number of aliphatic carboxylic acids is 1. The molecular weight excluding hydrogens is 516 g/mol. The van der Waals surface area contributed by atoms with Crippen LogP contribution in [0.25, 0.3) is 0 Å². The van der Waals surface area contributed by atoms with E-state index in [1.807, 2.05) is 36.0 Å². The third-order valence-electron chi connectivity index (χ3n) is 5.98. The smallest absolute Gasteiger partial charge is 0.305 e. The third-order valence-corrected chi connectivity index (χ3v) is 7.49. The van der Waals surface area contributed by atoms with Gasteiger partial charge in [0.25, 0.3) is 0 Å². The summed E-state index contributed by atoms with van der Waals surface area (Å²) >= 11 is 1.86. The van der Waals surface area contributed by atoms with E-state index in [0.717, 1.165) is 11.5 Å². The number of benzene rings is 3. The van der Waals surface area contributed by atoms with E-state index >= 15 is 0 Å². The maximum atomic E-state index is 10.4. The lowest BCUT2D eigenvalue weighted by atomic mass is 9.84. The summed E-state index contributed by atoms with van der Waals surface area (Å²) in [6.07, 6.45) is 0.00257. The molecule has 0 aliphatic rings. The number of hydrogen-bond donors (Lipinski definition) is 1. The summed E-state index contributed by atoms with van der Waals surface area (Å²) < 4.78 is 27.1. The highest BCUT2D eigenvalue weighted by atomic mass is 32.2. The van der Waals surface area contributed by atoms with E-state index in [9.17, 15) is 4.79 Å². The van der Waals surface area contributed by atoms with Crippen molar-refractivity contribution >= 4 is 17.7 Å². The van der Waals surface area contributed by atoms with Crippen LogP contribution >= 0.6 is 11.8 Å². The second kappa shape index (κ2) is 17.7. The average molecular weight is 555 g/mol. The molecule has 3 rings (SSSR count). The normalized spacial score (nSPS) is 11.4. The summed E-state index contributed by atoms with van der Waals surface area (Å²) in [6.45, 7) is 3.49. The van der Waals surface area contributed by atoms with Crippen LogP contribution in [0, 0.1) is 0 Å². The molecule has 0 atom stereocenters. The topological polar surface area (TPSA) is 83.5 Å². The number of carbonyl (C=O) groups is 1. The van der Waals surface area contributed by atoms with Gasteiger partial charge in [-0.1, -0.05) is 72.8 Å². The van der Waals surface area contributed by atoms with Crippen molar-refractivity contribution in [1.82, 2.24) is 0 Å². The molecule has 0 spiro atoms. The van der Waals surface area contributed by atoms with E-state index in [2.05, 4.69) is 60.7 Å². The van der Waals surface area contributed by atoms with E-state index < -0.39 is 10.7 Å². The molecule has 0 saturated heterocycles. The quantitative estimate of drug-likeness (QED) is 0.150. The Morgan fingerprint density at radius 3 is 1.54 bits per heavy atom. The van der Waals surface area contributed by atoms with Gasteiger partial charge in [0, 0.05) is 5.75 Å². The lowest BCUT2D eigenvalue weighted by Gasteiger charge is -2.35. The second-order valence-corrected chi connectivity index (χ2v) is 9.89. The Balaban J connectivity index is 1.48. The van der Waals surface area contributed by atoms with E-state index in [1.165, 1.54) is 16.7 Å². The molecule has 0 fully saturated rings. The number of carboxylic acid groups (broad SMARTS) is 1. The van der Waals surface area contributed by atoms with Gasteiger partial charge in [-0.3, -0.25) is 4.79 Å². The van der Waals surface area contributed by atoms with Crippen LogP contribution in [0.4, 0.5) is 0 Å². The van der Waals surface area contributed by atoms with Gasteiger partial charge in [-0.15, -0.1) is 11.8 Å². The number of hydrogen-bond acceptors (Lipinski definition) is 7. The van der Waals surface area contributed by atoms with Gasteiger partial charge in [-0.25, -0.2) is 0 Å². The highest BCUT2D eigenvalue weighted by molar-refractivity contribution is 8.00. The molecule has 39 heavy (non-hydrogen) atoms. The van der Waals surface area contributed by atoms with Crippen molar-refractivity contribution in [3.8, 4) is 5.75 Å². The SMILES string of the molecule is COc1ccc(C(SCCOCCOCCOCCOCCC(=O)O)(c2ccccc2)c2ccccc2)cc1. The summed E-state index contributed by atoms with van der Waals surface area (Å²) in [5, 5.41) is 8.56. The number of rotatable bonds is 20. The van der Waals surface area contributed by atoms with Crippen LogP contribution in [0.2, 0.25) is 0 Å². The average Bonchev–Trinajstić information content (AvgIpc) is 2.98. The van der Waals surface area contributed by atoms with E-state index in [1.54, 1.807) is 7.11 Å².